The molecular formula is C17H22BrN. The van der Waals surface area contributed by atoms with Crippen LogP contribution in [-0.2, 0) is 0 Å². The highest BCUT2D eigenvalue weighted by Gasteiger charge is 2.21. The fraction of sp³-hybridized carbons (Fsp3) is 0.412. The van der Waals surface area contributed by atoms with E-state index in [-0.39, 0.29) is 0 Å². The normalized spacial score (nSPS) is 16.5. The molecule has 19 heavy (non-hydrogen) atoms. The number of benzene rings is 1. The van der Waals surface area contributed by atoms with Crippen molar-refractivity contribution in [2.75, 3.05) is 5.32 Å². The Labute approximate surface area is 124 Å². The Morgan fingerprint density at radius 3 is 2.63 bits per heavy atom. The summed E-state index contributed by atoms with van der Waals surface area (Å²) in [6, 6.07) is 10.9. The molecule has 1 aromatic rings. The molecule has 0 radical (unpaired) electrons. The summed E-state index contributed by atoms with van der Waals surface area (Å²) in [6.07, 6.45) is 5.87. The van der Waals surface area contributed by atoms with Gasteiger partial charge < -0.3 is 5.32 Å². The zero-order chi connectivity index (χ0) is 13.7. The molecule has 1 nitrogen and oxygen atoms in total. The summed E-state index contributed by atoms with van der Waals surface area (Å²) < 4.78 is 1.41. The number of nitrogens with one attached hydrogen (secondary N) is 1. The third-order valence-corrected chi connectivity index (χ3v) is 4.49. The number of rotatable bonds is 6. The predicted molar refractivity (Wildman–Crippen MR) is 87.7 cm³/mol. The second kappa shape index (κ2) is 6.95. The zero-order valence-corrected chi connectivity index (χ0v) is 13.2. The van der Waals surface area contributed by atoms with Crippen LogP contribution in [0, 0.1) is 0 Å². The van der Waals surface area contributed by atoms with E-state index in [9.17, 15) is 0 Å². The van der Waals surface area contributed by atoms with Crippen molar-refractivity contribution in [1.29, 1.82) is 0 Å². The lowest BCUT2D eigenvalue weighted by molar-refractivity contribution is 0.700. The first-order chi connectivity index (χ1) is 9.16. The minimum Gasteiger partial charge on any atom is -0.379 e. The van der Waals surface area contributed by atoms with Crippen LogP contribution < -0.4 is 5.32 Å². The molecule has 0 amide bonds. The summed E-state index contributed by atoms with van der Waals surface area (Å²) in [5, 5.41) is 3.68. The van der Waals surface area contributed by atoms with Gasteiger partial charge in [-0.2, -0.15) is 0 Å². The van der Waals surface area contributed by atoms with Crippen LogP contribution in [0.3, 0.4) is 0 Å². The van der Waals surface area contributed by atoms with E-state index in [4.69, 9.17) is 0 Å². The summed E-state index contributed by atoms with van der Waals surface area (Å²) in [5.41, 5.74) is 4.01. The summed E-state index contributed by atoms with van der Waals surface area (Å²) in [6.45, 7) is 6.13. The summed E-state index contributed by atoms with van der Waals surface area (Å²) in [5.74, 6) is 0. The van der Waals surface area contributed by atoms with E-state index in [1.54, 1.807) is 5.57 Å². The van der Waals surface area contributed by atoms with Gasteiger partial charge in [-0.15, -0.1) is 6.58 Å². The van der Waals surface area contributed by atoms with E-state index in [0.717, 1.165) is 12.8 Å². The molecule has 0 heterocycles. The summed E-state index contributed by atoms with van der Waals surface area (Å²) in [7, 11) is 0. The fourth-order valence-corrected chi connectivity index (χ4v) is 3.31. The average Bonchev–Trinajstić information content (AvgIpc) is 2.82. The molecule has 0 bridgehead atoms. The van der Waals surface area contributed by atoms with Gasteiger partial charge in [0.2, 0.25) is 0 Å². The third-order valence-electron chi connectivity index (χ3n) is 3.59. The van der Waals surface area contributed by atoms with Gasteiger partial charge in [0.1, 0.15) is 0 Å². The Morgan fingerprint density at radius 2 is 2.05 bits per heavy atom. The van der Waals surface area contributed by atoms with E-state index in [1.807, 2.05) is 0 Å². The van der Waals surface area contributed by atoms with Crippen LogP contribution in [-0.4, -0.2) is 6.04 Å². The number of anilines is 1. The van der Waals surface area contributed by atoms with Crippen molar-refractivity contribution in [1.82, 2.24) is 0 Å². The van der Waals surface area contributed by atoms with Gasteiger partial charge in [0, 0.05) is 11.7 Å². The Kier molecular flexibility index (Phi) is 5.26. The molecule has 0 spiro atoms. The van der Waals surface area contributed by atoms with Crippen LogP contribution in [0.15, 0.2) is 52.5 Å². The van der Waals surface area contributed by atoms with Crippen LogP contribution in [0.2, 0.25) is 0 Å². The molecule has 1 aliphatic carbocycles. The maximum absolute atomic E-state index is 4.02. The van der Waals surface area contributed by atoms with Gasteiger partial charge in [-0.05, 0) is 61.2 Å². The molecule has 0 saturated carbocycles. The maximum atomic E-state index is 4.02. The quantitative estimate of drug-likeness (QED) is 0.667. The van der Waals surface area contributed by atoms with Gasteiger partial charge in [0.25, 0.3) is 0 Å². The fourth-order valence-electron chi connectivity index (χ4n) is 2.55. The number of hydrogen-bond acceptors (Lipinski definition) is 1. The van der Waals surface area contributed by atoms with Crippen molar-refractivity contribution in [2.45, 2.75) is 45.1 Å². The Morgan fingerprint density at radius 1 is 1.32 bits per heavy atom. The molecule has 0 aliphatic heterocycles. The van der Waals surface area contributed by atoms with Crippen LogP contribution in [0.25, 0.3) is 0 Å². The van der Waals surface area contributed by atoms with E-state index in [1.165, 1.54) is 35.0 Å². The number of halogens is 1. The van der Waals surface area contributed by atoms with Crippen LogP contribution in [0.1, 0.15) is 39.0 Å². The van der Waals surface area contributed by atoms with Gasteiger partial charge in [0.05, 0.1) is 0 Å². The first kappa shape index (κ1) is 14.4. The standard InChI is InChI=1S/C17H22BrN/c1-13(2)11-12-17(15-9-6-10-16(15)18)19-14-7-4-3-5-8-14/h3-5,7-8,17,19H,1,6,9-12H2,2H3/t17-/m0/s1. The number of hydrogen-bond donors (Lipinski definition) is 1. The second-order valence-corrected chi connectivity index (χ2v) is 6.30. The first-order valence-corrected chi connectivity index (χ1v) is 7.79. The van der Waals surface area contributed by atoms with Crippen molar-refractivity contribution >= 4 is 21.6 Å². The minimum atomic E-state index is 0.427. The van der Waals surface area contributed by atoms with Crippen LogP contribution in [0.5, 0.6) is 0 Å². The molecule has 0 aromatic heterocycles. The van der Waals surface area contributed by atoms with Crippen molar-refractivity contribution in [2.24, 2.45) is 0 Å². The molecule has 0 saturated heterocycles. The first-order valence-electron chi connectivity index (χ1n) is 7.00. The third kappa shape index (κ3) is 4.24. The molecular weight excluding hydrogens is 298 g/mol. The molecule has 0 unspecified atom stereocenters. The van der Waals surface area contributed by atoms with Gasteiger partial charge in [-0.3, -0.25) is 0 Å². The highest BCUT2D eigenvalue weighted by Crippen LogP contribution is 2.35. The largest absolute Gasteiger partial charge is 0.379 e. The van der Waals surface area contributed by atoms with Gasteiger partial charge in [-0.25, -0.2) is 0 Å². The monoisotopic (exact) mass is 319 g/mol. The maximum Gasteiger partial charge on any atom is 0.0487 e. The van der Waals surface area contributed by atoms with Crippen molar-refractivity contribution < 1.29 is 0 Å². The zero-order valence-electron chi connectivity index (χ0n) is 11.6. The highest BCUT2D eigenvalue weighted by molar-refractivity contribution is 9.11. The van der Waals surface area contributed by atoms with Gasteiger partial charge in [-0.1, -0.05) is 39.7 Å². The SMILES string of the molecule is C=C(C)CC[C@H](Nc1ccccc1)C1=C(Br)CCC1. The molecule has 1 N–H and O–H groups in total. The Balaban J connectivity index is 2.10. The lowest BCUT2D eigenvalue weighted by Crippen LogP contribution is -2.22. The predicted octanol–water partition coefficient (Wildman–Crippen LogP) is 5.66. The second-order valence-electron chi connectivity index (χ2n) is 5.34. The van der Waals surface area contributed by atoms with E-state index in [2.05, 4.69) is 65.1 Å². The molecule has 2 heteroatoms. The molecule has 2 rings (SSSR count). The van der Waals surface area contributed by atoms with Crippen LogP contribution in [0.4, 0.5) is 5.69 Å². The van der Waals surface area contributed by atoms with Crippen LogP contribution >= 0.6 is 15.9 Å². The lowest BCUT2D eigenvalue weighted by Gasteiger charge is -2.22. The van der Waals surface area contributed by atoms with Gasteiger partial charge in [0.15, 0.2) is 0 Å². The molecule has 1 aromatic carbocycles. The van der Waals surface area contributed by atoms with Gasteiger partial charge >= 0.3 is 0 Å². The van der Waals surface area contributed by atoms with E-state index < -0.39 is 0 Å². The Hall–Kier alpha value is -1.02. The number of allylic oxidation sites excluding steroid dienone is 2. The van der Waals surface area contributed by atoms with E-state index >= 15 is 0 Å². The molecule has 1 atom stereocenters. The molecule has 102 valence electrons. The summed E-state index contributed by atoms with van der Waals surface area (Å²) >= 11 is 3.74. The van der Waals surface area contributed by atoms with E-state index in [0.29, 0.717) is 6.04 Å². The smallest absolute Gasteiger partial charge is 0.0487 e. The minimum absolute atomic E-state index is 0.427. The summed E-state index contributed by atoms with van der Waals surface area (Å²) in [4.78, 5) is 0. The highest BCUT2D eigenvalue weighted by atomic mass is 79.9. The molecule has 1 aliphatic rings. The van der Waals surface area contributed by atoms with Crippen molar-refractivity contribution in [3.05, 3.63) is 52.5 Å². The average molecular weight is 320 g/mol. The van der Waals surface area contributed by atoms with Crippen molar-refractivity contribution in [3.63, 3.8) is 0 Å². The topological polar surface area (TPSA) is 12.0 Å². The number of para-hydroxylation sites is 1. The van der Waals surface area contributed by atoms with Crippen molar-refractivity contribution in [3.8, 4) is 0 Å². The molecule has 0 fully saturated rings. The Bertz CT molecular complexity index is 461. The lowest BCUT2D eigenvalue weighted by atomic mass is 9.99.